The molecule has 0 bridgehead atoms. The highest BCUT2D eigenvalue weighted by Crippen LogP contribution is 2.35. The number of nitrogens with one attached hydrogen (secondary N) is 1. The fourth-order valence-electron chi connectivity index (χ4n) is 3.47. The molecule has 0 aromatic heterocycles. The first-order valence-corrected chi connectivity index (χ1v) is 8.89. The molecule has 1 fully saturated rings. The van der Waals surface area contributed by atoms with Gasteiger partial charge in [0.2, 0.25) is 5.91 Å². The Hall–Kier alpha value is -1.68. The first-order chi connectivity index (χ1) is 11.4. The summed E-state index contributed by atoms with van der Waals surface area (Å²) in [6.45, 7) is 8.32. The Bertz CT molecular complexity index is 565. The maximum atomic E-state index is 12.1. The number of carbonyl (C=O) groups is 2. The van der Waals surface area contributed by atoms with Gasteiger partial charge in [0.05, 0.1) is 6.10 Å². The second kappa shape index (κ2) is 8.43. The molecule has 0 heterocycles. The highest BCUT2D eigenvalue weighted by atomic mass is 16.5. The van der Waals surface area contributed by atoms with E-state index in [0.717, 1.165) is 6.42 Å². The van der Waals surface area contributed by atoms with Crippen molar-refractivity contribution in [1.29, 1.82) is 0 Å². The summed E-state index contributed by atoms with van der Waals surface area (Å²) in [5.74, 6) is 1.63. The van der Waals surface area contributed by atoms with Crippen molar-refractivity contribution in [3.05, 3.63) is 29.8 Å². The number of Topliss-reactive ketones (excluding diaryl/α,β-unsaturated/α-hetero) is 1. The molecule has 2 rings (SSSR count). The van der Waals surface area contributed by atoms with Crippen molar-refractivity contribution in [2.45, 2.75) is 53.1 Å². The van der Waals surface area contributed by atoms with Crippen LogP contribution in [0.25, 0.3) is 0 Å². The van der Waals surface area contributed by atoms with Gasteiger partial charge in [-0.1, -0.05) is 27.2 Å². The third kappa shape index (κ3) is 5.17. The number of ketones is 1. The minimum Gasteiger partial charge on any atom is -0.368 e. The normalized spacial score (nSPS) is 24.0. The van der Waals surface area contributed by atoms with Gasteiger partial charge in [0.15, 0.2) is 5.78 Å². The van der Waals surface area contributed by atoms with Crippen molar-refractivity contribution in [2.75, 3.05) is 11.9 Å². The number of anilines is 1. The predicted octanol–water partition coefficient (Wildman–Crippen LogP) is 4.31. The van der Waals surface area contributed by atoms with Crippen LogP contribution in [0.15, 0.2) is 24.3 Å². The smallest absolute Gasteiger partial charge is 0.250 e. The second-order valence-electron chi connectivity index (χ2n) is 7.36. The average Bonchev–Trinajstić information content (AvgIpc) is 2.53. The number of hydrogen-bond acceptors (Lipinski definition) is 3. The van der Waals surface area contributed by atoms with Gasteiger partial charge in [0, 0.05) is 11.3 Å². The van der Waals surface area contributed by atoms with E-state index in [4.69, 9.17) is 4.74 Å². The molecule has 1 aliphatic rings. The first-order valence-electron chi connectivity index (χ1n) is 8.89. The molecule has 132 valence electrons. The van der Waals surface area contributed by atoms with Crippen LogP contribution in [0.2, 0.25) is 0 Å². The SMILES string of the molecule is CC(=O)c1ccc(NC(=O)CO[C@@H]2C[C@@H](C)CC[C@H]2C(C)C)cc1. The molecular formula is C20H29NO3. The lowest BCUT2D eigenvalue weighted by Gasteiger charge is -2.37. The fraction of sp³-hybridized carbons (Fsp3) is 0.600. The Balaban J connectivity index is 1.86. The monoisotopic (exact) mass is 331 g/mol. The molecule has 0 aliphatic heterocycles. The Kier molecular flexibility index (Phi) is 6.55. The van der Waals surface area contributed by atoms with Gasteiger partial charge in [-0.05, 0) is 61.8 Å². The second-order valence-corrected chi connectivity index (χ2v) is 7.36. The first kappa shape index (κ1) is 18.7. The zero-order chi connectivity index (χ0) is 17.7. The molecule has 1 aromatic carbocycles. The minimum atomic E-state index is -0.147. The lowest BCUT2D eigenvalue weighted by atomic mass is 9.75. The molecule has 0 spiro atoms. The van der Waals surface area contributed by atoms with E-state index in [0.29, 0.717) is 29.0 Å². The zero-order valence-corrected chi connectivity index (χ0v) is 15.2. The Morgan fingerprint density at radius 2 is 1.88 bits per heavy atom. The van der Waals surface area contributed by atoms with E-state index in [1.165, 1.54) is 19.8 Å². The molecule has 0 unspecified atom stereocenters. The van der Waals surface area contributed by atoms with Gasteiger partial charge >= 0.3 is 0 Å². The highest BCUT2D eigenvalue weighted by Gasteiger charge is 2.31. The summed E-state index contributed by atoms with van der Waals surface area (Å²) in [6.07, 6.45) is 3.62. The molecule has 4 heteroatoms. The van der Waals surface area contributed by atoms with E-state index < -0.39 is 0 Å². The van der Waals surface area contributed by atoms with Gasteiger partial charge in [-0.3, -0.25) is 9.59 Å². The molecule has 1 saturated carbocycles. The maximum absolute atomic E-state index is 12.1. The van der Waals surface area contributed by atoms with Crippen LogP contribution in [-0.4, -0.2) is 24.4 Å². The molecule has 1 aliphatic carbocycles. The molecule has 0 saturated heterocycles. The van der Waals surface area contributed by atoms with Crippen LogP contribution in [0.3, 0.4) is 0 Å². The van der Waals surface area contributed by atoms with Crippen LogP contribution in [0.4, 0.5) is 5.69 Å². The lowest BCUT2D eigenvalue weighted by Crippen LogP contribution is -2.36. The van der Waals surface area contributed by atoms with Crippen molar-refractivity contribution < 1.29 is 14.3 Å². The van der Waals surface area contributed by atoms with Crippen LogP contribution in [-0.2, 0) is 9.53 Å². The van der Waals surface area contributed by atoms with Gasteiger partial charge in [0.1, 0.15) is 6.61 Å². The van der Waals surface area contributed by atoms with Crippen LogP contribution in [0.1, 0.15) is 57.3 Å². The predicted molar refractivity (Wildman–Crippen MR) is 96.2 cm³/mol. The standard InChI is InChI=1S/C20H29NO3/c1-13(2)18-10-5-14(3)11-19(18)24-12-20(23)21-17-8-6-16(7-9-17)15(4)22/h6-9,13-14,18-19H,5,10-12H2,1-4H3,(H,21,23)/t14-,18-,19+/m0/s1. The molecule has 1 amide bonds. The largest absolute Gasteiger partial charge is 0.368 e. The van der Waals surface area contributed by atoms with Gasteiger partial charge in [0.25, 0.3) is 0 Å². The van der Waals surface area contributed by atoms with E-state index in [-0.39, 0.29) is 24.4 Å². The molecule has 4 nitrogen and oxygen atoms in total. The van der Waals surface area contributed by atoms with Crippen molar-refractivity contribution in [2.24, 2.45) is 17.8 Å². The molecule has 1 aromatic rings. The van der Waals surface area contributed by atoms with E-state index in [2.05, 4.69) is 26.1 Å². The quantitative estimate of drug-likeness (QED) is 0.791. The van der Waals surface area contributed by atoms with Crippen LogP contribution in [0, 0.1) is 17.8 Å². The molecule has 1 N–H and O–H groups in total. The number of amides is 1. The minimum absolute atomic E-state index is 0.0161. The number of benzene rings is 1. The van der Waals surface area contributed by atoms with E-state index in [9.17, 15) is 9.59 Å². The molecular weight excluding hydrogens is 302 g/mol. The van der Waals surface area contributed by atoms with Crippen LogP contribution >= 0.6 is 0 Å². The average molecular weight is 331 g/mol. The Labute approximate surface area is 145 Å². The summed E-state index contributed by atoms with van der Waals surface area (Å²) < 4.78 is 5.96. The summed E-state index contributed by atoms with van der Waals surface area (Å²) >= 11 is 0. The highest BCUT2D eigenvalue weighted by molar-refractivity contribution is 5.95. The summed E-state index contributed by atoms with van der Waals surface area (Å²) in [6, 6.07) is 6.93. The van der Waals surface area contributed by atoms with Gasteiger partial charge in [-0.15, -0.1) is 0 Å². The lowest BCUT2D eigenvalue weighted by molar-refractivity contribution is -0.126. The number of ether oxygens (including phenoxy) is 1. The topological polar surface area (TPSA) is 55.4 Å². The third-order valence-corrected chi connectivity index (χ3v) is 4.97. The Morgan fingerprint density at radius 1 is 1.21 bits per heavy atom. The third-order valence-electron chi connectivity index (χ3n) is 4.97. The number of rotatable bonds is 6. The maximum Gasteiger partial charge on any atom is 0.250 e. The van der Waals surface area contributed by atoms with Crippen molar-refractivity contribution in [3.63, 3.8) is 0 Å². The number of hydrogen-bond donors (Lipinski definition) is 1. The molecule has 3 atom stereocenters. The number of carbonyl (C=O) groups excluding carboxylic acids is 2. The van der Waals surface area contributed by atoms with Crippen LogP contribution in [0.5, 0.6) is 0 Å². The molecule has 0 radical (unpaired) electrons. The molecule has 24 heavy (non-hydrogen) atoms. The van der Waals surface area contributed by atoms with Crippen LogP contribution < -0.4 is 5.32 Å². The van der Waals surface area contributed by atoms with E-state index in [1.807, 2.05) is 0 Å². The summed E-state index contributed by atoms with van der Waals surface area (Å²) in [4.78, 5) is 23.4. The van der Waals surface area contributed by atoms with Crippen molar-refractivity contribution in [3.8, 4) is 0 Å². The summed E-state index contributed by atoms with van der Waals surface area (Å²) in [5, 5.41) is 2.83. The van der Waals surface area contributed by atoms with E-state index >= 15 is 0 Å². The fourth-order valence-corrected chi connectivity index (χ4v) is 3.47. The van der Waals surface area contributed by atoms with Crippen molar-refractivity contribution in [1.82, 2.24) is 0 Å². The summed E-state index contributed by atoms with van der Waals surface area (Å²) in [7, 11) is 0. The summed E-state index contributed by atoms with van der Waals surface area (Å²) in [5.41, 5.74) is 1.33. The van der Waals surface area contributed by atoms with Gasteiger partial charge in [-0.25, -0.2) is 0 Å². The van der Waals surface area contributed by atoms with Gasteiger partial charge < -0.3 is 10.1 Å². The van der Waals surface area contributed by atoms with E-state index in [1.54, 1.807) is 24.3 Å². The van der Waals surface area contributed by atoms with Crippen molar-refractivity contribution >= 4 is 17.4 Å². The zero-order valence-electron chi connectivity index (χ0n) is 15.2. The Morgan fingerprint density at radius 3 is 2.46 bits per heavy atom. The van der Waals surface area contributed by atoms with Gasteiger partial charge in [-0.2, -0.15) is 0 Å².